The van der Waals surface area contributed by atoms with E-state index in [1.165, 1.54) is 0 Å². The van der Waals surface area contributed by atoms with Crippen molar-refractivity contribution in [3.8, 4) is 0 Å². The zero-order chi connectivity index (χ0) is 10.4. The molecule has 0 aromatic carbocycles. The fourth-order valence-electron chi connectivity index (χ4n) is 1.20. The van der Waals surface area contributed by atoms with E-state index in [0.29, 0.717) is 26.4 Å². The minimum Gasteiger partial charge on any atom is -0.465 e. The largest absolute Gasteiger partial charge is 0.465 e. The maximum atomic E-state index is 11.2. The predicted octanol–water partition coefficient (Wildman–Crippen LogP) is -0.0995. The first-order valence-electron chi connectivity index (χ1n) is 4.86. The van der Waals surface area contributed by atoms with Gasteiger partial charge in [0.2, 0.25) is 0 Å². The van der Waals surface area contributed by atoms with E-state index in [-0.39, 0.29) is 18.2 Å². The van der Waals surface area contributed by atoms with Crippen molar-refractivity contribution in [3.05, 3.63) is 0 Å². The van der Waals surface area contributed by atoms with Crippen molar-refractivity contribution in [1.82, 2.24) is 5.32 Å². The molecule has 1 fully saturated rings. The molecule has 0 spiro atoms. The highest BCUT2D eigenvalue weighted by Gasteiger charge is 2.21. The van der Waals surface area contributed by atoms with Crippen molar-refractivity contribution in [1.29, 1.82) is 0 Å². The lowest BCUT2D eigenvalue weighted by atomic mass is 10.3. The Morgan fingerprint density at radius 3 is 3.00 bits per heavy atom. The average molecular weight is 203 g/mol. The van der Waals surface area contributed by atoms with Gasteiger partial charge in [0.15, 0.2) is 0 Å². The van der Waals surface area contributed by atoms with Crippen LogP contribution < -0.4 is 5.32 Å². The topological polar surface area (TPSA) is 56.8 Å². The predicted molar refractivity (Wildman–Crippen MR) is 49.8 cm³/mol. The van der Waals surface area contributed by atoms with E-state index in [4.69, 9.17) is 14.2 Å². The highest BCUT2D eigenvalue weighted by molar-refractivity contribution is 5.75. The third-order valence-electron chi connectivity index (χ3n) is 1.89. The van der Waals surface area contributed by atoms with Gasteiger partial charge < -0.3 is 14.2 Å². The first kappa shape index (κ1) is 11.4. The maximum Gasteiger partial charge on any atom is 0.322 e. The Hall–Kier alpha value is -0.650. The smallest absolute Gasteiger partial charge is 0.322 e. The number of esters is 1. The normalized spacial score (nSPS) is 24.3. The van der Waals surface area contributed by atoms with Crippen LogP contribution >= 0.6 is 0 Å². The van der Waals surface area contributed by atoms with E-state index in [1.807, 2.05) is 0 Å². The molecule has 1 N–H and O–H groups in total. The van der Waals surface area contributed by atoms with Crippen molar-refractivity contribution in [2.45, 2.75) is 26.1 Å². The number of carbonyl (C=O) groups is 1. The van der Waals surface area contributed by atoms with E-state index >= 15 is 0 Å². The van der Waals surface area contributed by atoms with Crippen LogP contribution in [0.5, 0.6) is 0 Å². The molecular weight excluding hydrogens is 186 g/mol. The summed E-state index contributed by atoms with van der Waals surface area (Å²) in [6.07, 6.45) is -0.205. The SMILES string of the molecule is CCOC(=O)C(C)NC1COCCO1. The molecule has 1 aliphatic heterocycles. The van der Waals surface area contributed by atoms with Gasteiger partial charge in [-0.25, -0.2) is 0 Å². The summed E-state index contributed by atoms with van der Waals surface area (Å²) in [5, 5.41) is 2.98. The number of hydrogen-bond donors (Lipinski definition) is 1. The molecule has 0 aliphatic carbocycles. The Balaban J connectivity index is 2.24. The van der Waals surface area contributed by atoms with Crippen LogP contribution in [0.1, 0.15) is 13.8 Å². The lowest BCUT2D eigenvalue weighted by Gasteiger charge is -2.26. The molecule has 0 radical (unpaired) electrons. The van der Waals surface area contributed by atoms with Crippen molar-refractivity contribution >= 4 is 5.97 Å². The molecule has 1 saturated heterocycles. The second kappa shape index (κ2) is 5.95. The molecule has 0 saturated carbocycles. The van der Waals surface area contributed by atoms with E-state index in [1.54, 1.807) is 13.8 Å². The van der Waals surface area contributed by atoms with E-state index in [2.05, 4.69) is 5.32 Å². The van der Waals surface area contributed by atoms with Gasteiger partial charge in [0.05, 0.1) is 26.4 Å². The fraction of sp³-hybridized carbons (Fsp3) is 0.889. The standard InChI is InChI=1S/C9H17NO4/c1-3-13-9(11)7(2)10-8-6-12-4-5-14-8/h7-8,10H,3-6H2,1-2H3. The van der Waals surface area contributed by atoms with Crippen LogP contribution in [0.15, 0.2) is 0 Å². The summed E-state index contributed by atoms with van der Waals surface area (Å²) in [5.41, 5.74) is 0. The molecule has 5 heteroatoms. The maximum absolute atomic E-state index is 11.2. The molecule has 2 unspecified atom stereocenters. The number of nitrogens with one attached hydrogen (secondary N) is 1. The highest BCUT2D eigenvalue weighted by atomic mass is 16.6. The summed E-state index contributed by atoms with van der Waals surface area (Å²) in [5.74, 6) is -0.262. The fourth-order valence-corrected chi connectivity index (χ4v) is 1.20. The van der Waals surface area contributed by atoms with Crippen LogP contribution in [0, 0.1) is 0 Å². The summed E-state index contributed by atoms with van der Waals surface area (Å²) >= 11 is 0. The molecule has 82 valence electrons. The molecule has 0 bridgehead atoms. The van der Waals surface area contributed by atoms with Gasteiger partial charge in [-0.05, 0) is 13.8 Å². The molecule has 0 amide bonds. The van der Waals surface area contributed by atoms with Gasteiger partial charge in [0.25, 0.3) is 0 Å². The lowest BCUT2D eigenvalue weighted by molar-refractivity contribution is -0.149. The molecule has 0 aromatic rings. The quantitative estimate of drug-likeness (QED) is 0.647. The molecular formula is C9H17NO4. The average Bonchev–Trinajstić information content (AvgIpc) is 2.19. The molecule has 5 nitrogen and oxygen atoms in total. The Kier molecular flexibility index (Phi) is 4.86. The van der Waals surface area contributed by atoms with Gasteiger partial charge in [-0.3, -0.25) is 10.1 Å². The zero-order valence-corrected chi connectivity index (χ0v) is 8.62. The first-order chi connectivity index (χ1) is 6.74. The van der Waals surface area contributed by atoms with Gasteiger partial charge in [-0.1, -0.05) is 0 Å². The van der Waals surface area contributed by atoms with E-state index < -0.39 is 0 Å². The van der Waals surface area contributed by atoms with Crippen LogP contribution in [0.25, 0.3) is 0 Å². The summed E-state index contributed by atoms with van der Waals surface area (Å²) in [7, 11) is 0. The number of carbonyl (C=O) groups excluding carboxylic acids is 1. The second-order valence-corrected chi connectivity index (χ2v) is 3.07. The van der Waals surface area contributed by atoms with Crippen LogP contribution in [0.2, 0.25) is 0 Å². The van der Waals surface area contributed by atoms with Crippen molar-refractivity contribution in [3.63, 3.8) is 0 Å². The summed E-state index contributed by atoms with van der Waals surface area (Å²) < 4.78 is 15.4. The van der Waals surface area contributed by atoms with Crippen LogP contribution in [0.3, 0.4) is 0 Å². The first-order valence-corrected chi connectivity index (χ1v) is 4.86. The third-order valence-corrected chi connectivity index (χ3v) is 1.89. The van der Waals surface area contributed by atoms with E-state index in [0.717, 1.165) is 0 Å². The lowest BCUT2D eigenvalue weighted by Crippen LogP contribution is -2.48. The monoisotopic (exact) mass is 203 g/mol. The molecule has 1 heterocycles. The van der Waals surface area contributed by atoms with Crippen LogP contribution in [-0.4, -0.2) is 44.7 Å². The van der Waals surface area contributed by atoms with Gasteiger partial charge in [0, 0.05) is 0 Å². The van der Waals surface area contributed by atoms with Gasteiger partial charge in [-0.2, -0.15) is 0 Å². The molecule has 2 atom stereocenters. The third kappa shape index (κ3) is 3.61. The van der Waals surface area contributed by atoms with Crippen LogP contribution in [0.4, 0.5) is 0 Å². The van der Waals surface area contributed by atoms with Crippen molar-refractivity contribution in [2.75, 3.05) is 26.4 Å². The van der Waals surface area contributed by atoms with Gasteiger partial charge in [0.1, 0.15) is 12.3 Å². The molecule has 0 aromatic heterocycles. The Morgan fingerprint density at radius 1 is 1.64 bits per heavy atom. The molecule has 1 aliphatic rings. The van der Waals surface area contributed by atoms with Crippen LogP contribution in [-0.2, 0) is 19.0 Å². The summed E-state index contributed by atoms with van der Waals surface area (Å²) in [6, 6.07) is -0.360. The Bertz CT molecular complexity index is 180. The number of hydrogen-bond acceptors (Lipinski definition) is 5. The van der Waals surface area contributed by atoms with Crippen molar-refractivity contribution in [2.24, 2.45) is 0 Å². The summed E-state index contributed by atoms with van der Waals surface area (Å²) in [4.78, 5) is 11.2. The van der Waals surface area contributed by atoms with E-state index in [9.17, 15) is 4.79 Å². The Labute approximate surface area is 83.7 Å². The van der Waals surface area contributed by atoms with Gasteiger partial charge >= 0.3 is 5.97 Å². The number of rotatable bonds is 4. The minimum absolute atomic E-state index is 0.205. The zero-order valence-electron chi connectivity index (χ0n) is 8.62. The number of ether oxygens (including phenoxy) is 3. The Morgan fingerprint density at radius 2 is 2.43 bits per heavy atom. The van der Waals surface area contributed by atoms with Gasteiger partial charge in [-0.15, -0.1) is 0 Å². The minimum atomic E-state index is -0.360. The summed E-state index contributed by atoms with van der Waals surface area (Å²) in [6.45, 7) is 5.58. The molecule has 14 heavy (non-hydrogen) atoms. The molecule has 1 rings (SSSR count). The van der Waals surface area contributed by atoms with Crippen molar-refractivity contribution < 1.29 is 19.0 Å². The highest BCUT2D eigenvalue weighted by Crippen LogP contribution is 1.99. The second-order valence-electron chi connectivity index (χ2n) is 3.07.